The number of nitrogens with zero attached hydrogens (tertiary/aromatic N) is 1. The van der Waals surface area contributed by atoms with Crippen molar-refractivity contribution in [2.45, 2.75) is 26.2 Å². The Balaban J connectivity index is 1.74. The molecule has 1 fully saturated rings. The number of amides is 1. The predicted octanol–water partition coefficient (Wildman–Crippen LogP) is 3.83. The zero-order valence-electron chi connectivity index (χ0n) is 12.8. The molecule has 1 aliphatic heterocycles. The largest absolute Gasteiger partial charge is 0.481 e. The lowest BCUT2D eigenvalue weighted by Gasteiger charge is -2.30. The maximum Gasteiger partial charge on any atom is 0.303 e. The molecule has 1 aromatic heterocycles. The monoisotopic (exact) mass is 379 g/mol. The van der Waals surface area contributed by atoms with Crippen LogP contribution in [-0.2, 0) is 4.79 Å². The number of hydrogen-bond donors (Lipinski definition) is 1. The van der Waals surface area contributed by atoms with Crippen molar-refractivity contribution in [1.29, 1.82) is 0 Å². The second-order valence-corrected chi connectivity index (χ2v) is 6.96. The highest BCUT2D eigenvalue weighted by molar-refractivity contribution is 9.10. The van der Waals surface area contributed by atoms with Crippen LogP contribution in [0.15, 0.2) is 27.1 Å². The number of benzene rings is 1. The quantitative estimate of drug-likeness (QED) is 0.879. The first kappa shape index (κ1) is 16.1. The van der Waals surface area contributed by atoms with Crippen LogP contribution >= 0.6 is 15.9 Å². The van der Waals surface area contributed by atoms with Crippen LogP contribution in [0.3, 0.4) is 0 Å². The summed E-state index contributed by atoms with van der Waals surface area (Å²) < 4.78 is 6.57. The molecule has 0 aliphatic carbocycles. The molecule has 0 spiro atoms. The third-order valence-electron chi connectivity index (χ3n) is 4.29. The molecule has 1 saturated heterocycles. The zero-order chi connectivity index (χ0) is 16.6. The Hall–Kier alpha value is -1.82. The SMILES string of the molecule is Cc1cc(Br)c2oc(C(=O)N3CCC(CC(=O)O)CC3)cc2c1. The lowest BCUT2D eigenvalue weighted by atomic mass is 9.93. The summed E-state index contributed by atoms with van der Waals surface area (Å²) in [6.45, 7) is 3.15. The van der Waals surface area contributed by atoms with Crippen molar-refractivity contribution >= 4 is 38.8 Å². The Bertz CT molecular complexity index is 759. The number of rotatable bonds is 3. The van der Waals surface area contributed by atoms with E-state index in [1.54, 1.807) is 11.0 Å². The van der Waals surface area contributed by atoms with E-state index in [9.17, 15) is 9.59 Å². The van der Waals surface area contributed by atoms with Gasteiger partial charge in [-0.2, -0.15) is 0 Å². The summed E-state index contributed by atoms with van der Waals surface area (Å²) in [7, 11) is 0. The molecular formula is C17H18BrNO4. The number of aryl methyl sites for hydroxylation is 1. The van der Waals surface area contributed by atoms with Crippen molar-refractivity contribution < 1.29 is 19.1 Å². The van der Waals surface area contributed by atoms with Crippen LogP contribution in [0, 0.1) is 12.8 Å². The van der Waals surface area contributed by atoms with Crippen molar-refractivity contribution in [3.63, 3.8) is 0 Å². The van der Waals surface area contributed by atoms with E-state index in [1.165, 1.54) is 0 Å². The predicted molar refractivity (Wildman–Crippen MR) is 89.5 cm³/mol. The summed E-state index contributed by atoms with van der Waals surface area (Å²) in [4.78, 5) is 25.1. The number of furan rings is 1. The lowest BCUT2D eigenvalue weighted by Crippen LogP contribution is -2.38. The van der Waals surface area contributed by atoms with Crippen LogP contribution in [0.2, 0.25) is 0 Å². The molecule has 1 aromatic carbocycles. The van der Waals surface area contributed by atoms with Crippen LogP contribution in [0.5, 0.6) is 0 Å². The minimum atomic E-state index is -0.771. The maximum absolute atomic E-state index is 12.6. The first-order valence-corrected chi connectivity index (χ1v) is 8.44. The van der Waals surface area contributed by atoms with E-state index in [0.717, 1.165) is 28.3 Å². The Labute approximate surface area is 142 Å². The van der Waals surface area contributed by atoms with Crippen molar-refractivity contribution in [1.82, 2.24) is 4.90 Å². The smallest absolute Gasteiger partial charge is 0.303 e. The van der Waals surface area contributed by atoms with E-state index in [2.05, 4.69) is 15.9 Å². The van der Waals surface area contributed by atoms with Gasteiger partial charge in [0.05, 0.1) is 4.47 Å². The van der Waals surface area contributed by atoms with Gasteiger partial charge in [-0.25, -0.2) is 0 Å². The molecule has 6 heteroatoms. The van der Waals surface area contributed by atoms with Gasteiger partial charge >= 0.3 is 5.97 Å². The molecule has 1 N–H and O–H groups in total. The first-order valence-electron chi connectivity index (χ1n) is 7.65. The Morgan fingerprint density at radius 1 is 1.30 bits per heavy atom. The number of piperidine rings is 1. The number of likely N-dealkylation sites (tertiary alicyclic amines) is 1. The Kier molecular flexibility index (Phi) is 4.43. The van der Waals surface area contributed by atoms with Crippen molar-refractivity contribution in [2.75, 3.05) is 13.1 Å². The van der Waals surface area contributed by atoms with Gasteiger partial charge in [-0.1, -0.05) is 0 Å². The molecule has 0 radical (unpaired) electrons. The fraction of sp³-hybridized carbons (Fsp3) is 0.412. The molecule has 0 saturated carbocycles. The third-order valence-corrected chi connectivity index (χ3v) is 4.88. The Morgan fingerprint density at radius 2 is 2.00 bits per heavy atom. The van der Waals surface area contributed by atoms with E-state index in [-0.39, 0.29) is 18.2 Å². The van der Waals surface area contributed by atoms with Crippen molar-refractivity contribution in [3.05, 3.63) is 34.0 Å². The van der Waals surface area contributed by atoms with Crippen molar-refractivity contribution in [2.24, 2.45) is 5.92 Å². The van der Waals surface area contributed by atoms with E-state index < -0.39 is 5.97 Å². The fourth-order valence-corrected chi connectivity index (χ4v) is 3.77. The summed E-state index contributed by atoms with van der Waals surface area (Å²) >= 11 is 3.46. The van der Waals surface area contributed by atoms with E-state index in [0.29, 0.717) is 24.4 Å². The highest BCUT2D eigenvalue weighted by atomic mass is 79.9. The highest BCUT2D eigenvalue weighted by Crippen LogP contribution is 2.30. The van der Waals surface area contributed by atoms with Gasteiger partial charge in [0.25, 0.3) is 5.91 Å². The maximum atomic E-state index is 12.6. The fourth-order valence-electron chi connectivity index (χ4n) is 3.10. The van der Waals surface area contributed by atoms with Gasteiger partial charge in [0.2, 0.25) is 0 Å². The lowest BCUT2D eigenvalue weighted by molar-refractivity contribution is -0.138. The minimum absolute atomic E-state index is 0.125. The van der Waals surface area contributed by atoms with Gasteiger partial charge < -0.3 is 14.4 Å². The standard InChI is InChI=1S/C17H18BrNO4/c1-10-6-12-9-14(23-16(12)13(18)7-10)17(22)19-4-2-11(3-5-19)8-15(20)21/h6-7,9,11H,2-5,8H2,1H3,(H,20,21). The minimum Gasteiger partial charge on any atom is -0.481 e. The second kappa shape index (κ2) is 6.35. The molecule has 0 atom stereocenters. The molecule has 3 rings (SSSR count). The molecular weight excluding hydrogens is 362 g/mol. The number of hydrogen-bond acceptors (Lipinski definition) is 3. The molecule has 0 unspecified atom stereocenters. The van der Waals surface area contributed by atoms with Crippen molar-refractivity contribution in [3.8, 4) is 0 Å². The second-order valence-electron chi connectivity index (χ2n) is 6.11. The van der Waals surface area contributed by atoms with Gasteiger partial charge in [0.15, 0.2) is 5.76 Å². The van der Waals surface area contributed by atoms with E-state index >= 15 is 0 Å². The molecule has 5 nitrogen and oxygen atoms in total. The highest BCUT2D eigenvalue weighted by Gasteiger charge is 2.27. The summed E-state index contributed by atoms with van der Waals surface area (Å²) in [5.74, 6) is -0.404. The van der Waals surface area contributed by atoms with E-state index in [4.69, 9.17) is 9.52 Å². The number of carbonyl (C=O) groups excluding carboxylic acids is 1. The summed E-state index contributed by atoms with van der Waals surface area (Å²) in [5, 5.41) is 9.75. The number of aliphatic carboxylic acids is 1. The summed E-state index contributed by atoms with van der Waals surface area (Å²) in [6, 6.07) is 5.72. The number of carboxylic acid groups (broad SMARTS) is 1. The normalized spacial score (nSPS) is 16.0. The van der Waals surface area contributed by atoms with Gasteiger partial charge in [-0.3, -0.25) is 9.59 Å². The average molecular weight is 380 g/mol. The molecule has 1 aliphatic rings. The van der Waals surface area contributed by atoms with Gasteiger partial charge in [-0.15, -0.1) is 0 Å². The average Bonchev–Trinajstić information content (AvgIpc) is 2.91. The number of fused-ring (bicyclic) bond motifs is 1. The molecule has 23 heavy (non-hydrogen) atoms. The van der Waals surface area contributed by atoms with Crippen LogP contribution in [0.25, 0.3) is 11.0 Å². The zero-order valence-corrected chi connectivity index (χ0v) is 14.4. The van der Waals surface area contributed by atoms with Crippen LogP contribution in [0.1, 0.15) is 35.4 Å². The van der Waals surface area contributed by atoms with Crippen LogP contribution in [-0.4, -0.2) is 35.0 Å². The van der Waals surface area contributed by atoms with E-state index in [1.807, 2.05) is 19.1 Å². The summed E-state index contributed by atoms with van der Waals surface area (Å²) in [6.07, 6.45) is 1.63. The van der Waals surface area contributed by atoms with Gasteiger partial charge in [-0.05, 0) is 65.4 Å². The topological polar surface area (TPSA) is 70.8 Å². The Morgan fingerprint density at radius 3 is 2.65 bits per heavy atom. The molecule has 2 aromatic rings. The number of carboxylic acids is 1. The first-order chi connectivity index (χ1) is 10.9. The third kappa shape index (κ3) is 3.42. The molecule has 1 amide bonds. The molecule has 2 heterocycles. The van der Waals surface area contributed by atoms with Gasteiger partial charge in [0.1, 0.15) is 5.58 Å². The van der Waals surface area contributed by atoms with Crippen LogP contribution in [0.4, 0.5) is 0 Å². The van der Waals surface area contributed by atoms with Crippen LogP contribution < -0.4 is 0 Å². The van der Waals surface area contributed by atoms with Gasteiger partial charge in [0, 0.05) is 24.9 Å². The molecule has 0 bridgehead atoms. The number of carbonyl (C=O) groups is 2. The number of halogens is 1. The molecule has 122 valence electrons. The summed E-state index contributed by atoms with van der Waals surface area (Å²) in [5.41, 5.74) is 1.78.